The fourth-order valence-electron chi connectivity index (χ4n) is 3.64. The number of carbonyl (C=O) groups is 1. The molecule has 1 saturated heterocycles. The number of hydrogen-bond acceptors (Lipinski definition) is 7. The number of aryl methyl sites for hydroxylation is 1. The maximum Gasteiger partial charge on any atom is 0.256 e. The van der Waals surface area contributed by atoms with Crippen molar-refractivity contribution in [1.82, 2.24) is 19.4 Å². The topological polar surface area (TPSA) is 80.6 Å². The first kappa shape index (κ1) is 25.2. The Labute approximate surface area is 201 Å². The number of fused-ring (bicyclic) bond motifs is 1. The molecule has 1 amide bonds. The van der Waals surface area contributed by atoms with Crippen molar-refractivity contribution in [3.05, 3.63) is 52.0 Å². The van der Waals surface area contributed by atoms with Crippen molar-refractivity contribution in [2.24, 2.45) is 0 Å². The molecule has 4 rings (SSSR count). The van der Waals surface area contributed by atoms with Crippen LogP contribution in [0.15, 0.2) is 29.3 Å². The number of amides is 1. The van der Waals surface area contributed by atoms with Crippen molar-refractivity contribution in [2.75, 3.05) is 44.3 Å². The van der Waals surface area contributed by atoms with Crippen molar-refractivity contribution in [3.63, 3.8) is 0 Å². The van der Waals surface area contributed by atoms with Gasteiger partial charge in [0.2, 0.25) is 5.91 Å². The third kappa shape index (κ3) is 5.75. The number of nitrogens with zero attached hydrogens (tertiary/aromatic N) is 5. The van der Waals surface area contributed by atoms with Crippen LogP contribution in [0.25, 0.3) is 10.2 Å². The Hall–Kier alpha value is -2.40. The van der Waals surface area contributed by atoms with Gasteiger partial charge >= 0.3 is 0 Å². The smallest absolute Gasteiger partial charge is 0.256 e. The minimum Gasteiger partial charge on any atom is -0.379 e. The molecule has 0 aliphatic carbocycles. The summed E-state index contributed by atoms with van der Waals surface area (Å²) in [7, 11) is 0. The maximum absolute atomic E-state index is 14.2. The first-order valence-corrected chi connectivity index (χ1v) is 11.4. The number of ether oxygens (including phenoxy) is 1. The van der Waals surface area contributed by atoms with Crippen LogP contribution < -0.4 is 10.5 Å². The molecule has 1 aliphatic heterocycles. The standard InChI is InChI=1S/C22H26FN5O3S.ClH/c1-15-16(2)24-14-27(21(15)30)13-19(29)28(8-4-7-26-9-11-31-12-10-26)22-25-20-17(23)5-3-6-18(20)32-22;/h3,5-6,14H,4,7-13H2,1-2H3;1H. The Balaban J connectivity index is 0.00000306. The summed E-state index contributed by atoms with van der Waals surface area (Å²) in [5.74, 6) is -0.695. The van der Waals surface area contributed by atoms with E-state index in [2.05, 4.69) is 14.9 Å². The van der Waals surface area contributed by atoms with E-state index in [0.717, 1.165) is 26.1 Å². The van der Waals surface area contributed by atoms with E-state index in [0.29, 0.717) is 40.8 Å². The van der Waals surface area contributed by atoms with Crippen LogP contribution in [-0.2, 0) is 16.1 Å². The molecule has 11 heteroatoms. The number of hydrogen-bond donors (Lipinski definition) is 0. The lowest BCUT2D eigenvalue weighted by Gasteiger charge is -2.27. The zero-order valence-corrected chi connectivity index (χ0v) is 20.3. The van der Waals surface area contributed by atoms with E-state index < -0.39 is 5.82 Å². The van der Waals surface area contributed by atoms with Crippen LogP contribution in [0.2, 0.25) is 0 Å². The number of para-hydroxylation sites is 1. The van der Waals surface area contributed by atoms with Gasteiger partial charge in [-0.3, -0.25) is 24.0 Å². The average Bonchev–Trinajstić information content (AvgIpc) is 3.23. The van der Waals surface area contributed by atoms with Gasteiger partial charge in [0, 0.05) is 37.4 Å². The van der Waals surface area contributed by atoms with E-state index in [9.17, 15) is 14.0 Å². The van der Waals surface area contributed by atoms with Crippen molar-refractivity contribution in [1.29, 1.82) is 0 Å². The van der Waals surface area contributed by atoms with E-state index >= 15 is 0 Å². The minimum atomic E-state index is -0.416. The summed E-state index contributed by atoms with van der Waals surface area (Å²) in [4.78, 5) is 38.3. The monoisotopic (exact) mass is 495 g/mol. The number of anilines is 1. The molecule has 0 radical (unpaired) electrons. The number of aromatic nitrogens is 3. The fourth-order valence-corrected chi connectivity index (χ4v) is 4.67. The largest absolute Gasteiger partial charge is 0.379 e. The lowest BCUT2D eigenvalue weighted by atomic mass is 10.2. The molecule has 3 aromatic rings. The Morgan fingerprint density at radius 2 is 2.03 bits per heavy atom. The Kier molecular flexibility index (Phi) is 8.52. The lowest BCUT2D eigenvalue weighted by molar-refractivity contribution is -0.119. The van der Waals surface area contributed by atoms with Crippen LogP contribution in [0.5, 0.6) is 0 Å². The average molecular weight is 496 g/mol. The normalized spacial score (nSPS) is 14.3. The Bertz CT molecular complexity index is 1180. The third-order valence-corrected chi connectivity index (χ3v) is 6.71. The Morgan fingerprint density at radius 1 is 1.27 bits per heavy atom. The molecular formula is C22H27ClFN5O3S. The predicted molar refractivity (Wildman–Crippen MR) is 129 cm³/mol. The molecular weight excluding hydrogens is 469 g/mol. The van der Waals surface area contributed by atoms with Gasteiger partial charge < -0.3 is 4.74 Å². The highest BCUT2D eigenvalue weighted by Gasteiger charge is 2.22. The maximum atomic E-state index is 14.2. The van der Waals surface area contributed by atoms with Crippen LogP contribution in [0.1, 0.15) is 17.7 Å². The zero-order chi connectivity index (χ0) is 22.7. The van der Waals surface area contributed by atoms with Gasteiger partial charge in [-0.05, 0) is 32.4 Å². The van der Waals surface area contributed by atoms with Crippen molar-refractivity contribution >= 4 is 45.0 Å². The molecule has 0 spiro atoms. The van der Waals surface area contributed by atoms with Gasteiger partial charge in [0.25, 0.3) is 5.56 Å². The summed E-state index contributed by atoms with van der Waals surface area (Å²) in [5.41, 5.74) is 1.17. The number of carbonyl (C=O) groups excluding carboxylic acids is 1. The van der Waals surface area contributed by atoms with E-state index in [1.54, 1.807) is 30.9 Å². The first-order chi connectivity index (χ1) is 15.4. The van der Waals surface area contributed by atoms with Crippen LogP contribution in [-0.4, -0.2) is 64.7 Å². The van der Waals surface area contributed by atoms with Gasteiger partial charge in [0.15, 0.2) is 5.13 Å². The number of rotatable bonds is 7. The van der Waals surface area contributed by atoms with Crippen molar-refractivity contribution in [3.8, 4) is 0 Å². The molecule has 8 nitrogen and oxygen atoms in total. The summed E-state index contributed by atoms with van der Waals surface area (Å²) in [5, 5.41) is 0.432. The van der Waals surface area contributed by atoms with Gasteiger partial charge in [-0.15, -0.1) is 12.4 Å². The second kappa shape index (κ2) is 11.1. The molecule has 1 fully saturated rings. The fraction of sp³-hybridized carbons (Fsp3) is 0.455. The first-order valence-electron chi connectivity index (χ1n) is 10.6. The van der Waals surface area contributed by atoms with Gasteiger partial charge in [-0.1, -0.05) is 17.4 Å². The van der Waals surface area contributed by atoms with Crippen LogP contribution in [0.3, 0.4) is 0 Å². The summed E-state index contributed by atoms with van der Waals surface area (Å²) in [6.45, 7) is 7.70. The van der Waals surface area contributed by atoms with E-state index in [1.165, 1.54) is 28.3 Å². The SMILES string of the molecule is Cc1ncn(CC(=O)N(CCCN2CCOCC2)c2nc3c(F)cccc3s2)c(=O)c1C.Cl. The highest BCUT2D eigenvalue weighted by molar-refractivity contribution is 7.22. The zero-order valence-electron chi connectivity index (χ0n) is 18.6. The molecule has 178 valence electrons. The summed E-state index contributed by atoms with van der Waals surface area (Å²) in [6, 6.07) is 4.77. The Morgan fingerprint density at radius 3 is 2.76 bits per heavy atom. The molecule has 3 heterocycles. The van der Waals surface area contributed by atoms with Crippen LogP contribution >= 0.6 is 23.7 Å². The molecule has 0 saturated carbocycles. The summed E-state index contributed by atoms with van der Waals surface area (Å²) < 4.78 is 21.6. The van der Waals surface area contributed by atoms with Gasteiger partial charge in [-0.25, -0.2) is 14.4 Å². The molecule has 0 N–H and O–H groups in total. The van der Waals surface area contributed by atoms with Crippen LogP contribution in [0, 0.1) is 19.7 Å². The number of thiazole rings is 1. The number of halogens is 2. The van der Waals surface area contributed by atoms with Crippen LogP contribution in [0.4, 0.5) is 9.52 Å². The lowest BCUT2D eigenvalue weighted by Crippen LogP contribution is -2.41. The third-order valence-electron chi connectivity index (χ3n) is 5.67. The summed E-state index contributed by atoms with van der Waals surface area (Å²) >= 11 is 1.27. The second-order valence-electron chi connectivity index (χ2n) is 7.82. The predicted octanol–water partition coefficient (Wildman–Crippen LogP) is 2.79. The molecule has 33 heavy (non-hydrogen) atoms. The number of morpholine rings is 1. The van der Waals surface area contributed by atoms with Gasteiger partial charge in [0.1, 0.15) is 17.9 Å². The van der Waals surface area contributed by atoms with Crippen molar-refractivity contribution < 1.29 is 13.9 Å². The molecule has 1 aliphatic rings. The van der Waals surface area contributed by atoms with Gasteiger partial charge in [0.05, 0.1) is 24.2 Å². The van der Waals surface area contributed by atoms with E-state index in [-0.39, 0.29) is 35.9 Å². The number of benzene rings is 1. The molecule has 2 aromatic heterocycles. The van der Waals surface area contributed by atoms with E-state index in [4.69, 9.17) is 4.74 Å². The molecule has 0 bridgehead atoms. The molecule has 0 unspecified atom stereocenters. The highest BCUT2D eigenvalue weighted by Crippen LogP contribution is 2.30. The quantitative estimate of drug-likeness (QED) is 0.501. The van der Waals surface area contributed by atoms with Crippen molar-refractivity contribution in [2.45, 2.75) is 26.8 Å². The second-order valence-corrected chi connectivity index (χ2v) is 8.83. The van der Waals surface area contributed by atoms with Gasteiger partial charge in [-0.2, -0.15) is 0 Å². The summed E-state index contributed by atoms with van der Waals surface area (Å²) in [6.07, 6.45) is 2.12. The molecule has 0 atom stereocenters. The molecule has 1 aromatic carbocycles. The van der Waals surface area contributed by atoms with E-state index in [1.807, 2.05) is 0 Å². The minimum absolute atomic E-state index is 0. The highest BCUT2D eigenvalue weighted by atomic mass is 35.5.